The van der Waals surface area contributed by atoms with Gasteiger partial charge in [0.2, 0.25) is 5.91 Å². The molecule has 2 saturated heterocycles. The summed E-state index contributed by atoms with van der Waals surface area (Å²) in [4.78, 5) is 19.5. The highest BCUT2D eigenvalue weighted by Crippen LogP contribution is 2.16. The van der Waals surface area contributed by atoms with Crippen LogP contribution >= 0.6 is 0 Å². The van der Waals surface area contributed by atoms with Crippen LogP contribution in [0.4, 0.5) is 0 Å². The van der Waals surface area contributed by atoms with Gasteiger partial charge in [-0.3, -0.25) is 9.69 Å². The number of carbonyl (C=O) groups is 1. The van der Waals surface area contributed by atoms with Crippen molar-refractivity contribution in [1.82, 2.24) is 20.0 Å². The molecule has 130 valence electrons. The number of piperidine rings is 1. The highest BCUT2D eigenvalue weighted by molar-refractivity contribution is 5.81. The van der Waals surface area contributed by atoms with Crippen molar-refractivity contribution in [2.24, 2.45) is 5.92 Å². The zero-order valence-electron chi connectivity index (χ0n) is 14.8. The predicted molar refractivity (Wildman–Crippen MR) is 94.2 cm³/mol. The summed E-state index contributed by atoms with van der Waals surface area (Å²) < 4.78 is 0. The van der Waals surface area contributed by atoms with E-state index < -0.39 is 0 Å². The lowest BCUT2D eigenvalue weighted by Crippen LogP contribution is -2.51. The average Bonchev–Trinajstić information content (AvgIpc) is 2.56. The van der Waals surface area contributed by atoms with Crippen LogP contribution in [0.2, 0.25) is 0 Å². The molecule has 0 radical (unpaired) electrons. The molecule has 0 aromatic rings. The Morgan fingerprint density at radius 3 is 2.70 bits per heavy atom. The number of nitrogens with zero attached hydrogens (tertiary/aromatic N) is 3. The van der Waals surface area contributed by atoms with Crippen LogP contribution in [0.15, 0.2) is 0 Å². The quantitative estimate of drug-likeness (QED) is 0.722. The average molecular weight is 320 g/mol. The van der Waals surface area contributed by atoms with Crippen molar-refractivity contribution < 1.29 is 4.79 Å². The van der Waals surface area contributed by atoms with Crippen molar-refractivity contribution in [3.05, 3.63) is 0 Å². The Hall–Kier alpha value is -1.09. The summed E-state index contributed by atoms with van der Waals surface area (Å²) in [5.41, 5.74) is 0. The van der Waals surface area contributed by atoms with Gasteiger partial charge in [-0.15, -0.1) is 6.42 Å². The van der Waals surface area contributed by atoms with Gasteiger partial charge in [-0.25, -0.2) is 0 Å². The van der Waals surface area contributed by atoms with Gasteiger partial charge < -0.3 is 15.1 Å². The van der Waals surface area contributed by atoms with E-state index in [-0.39, 0.29) is 11.9 Å². The molecule has 0 bridgehead atoms. The van der Waals surface area contributed by atoms with Crippen molar-refractivity contribution in [1.29, 1.82) is 0 Å². The monoisotopic (exact) mass is 320 g/mol. The molecule has 1 amide bonds. The molecule has 0 unspecified atom stereocenters. The molecule has 2 aliphatic rings. The third kappa shape index (κ3) is 5.80. The first-order valence-electron chi connectivity index (χ1n) is 8.96. The molecule has 5 nitrogen and oxygen atoms in total. The number of likely N-dealkylation sites (tertiary alicyclic amines) is 1. The first-order chi connectivity index (χ1) is 11.1. The van der Waals surface area contributed by atoms with Gasteiger partial charge in [0.15, 0.2) is 0 Å². The molecule has 23 heavy (non-hydrogen) atoms. The van der Waals surface area contributed by atoms with Crippen LogP contribution in [-0.2, 0) is 4.79 Å². The van der Waals surface area contributed by atoms with Crippen LogP contribution in [0.1, 0.15) is 26.2 Å². The van der Waals surface area contributed by atoms with Gasteiger partial charge in [-0.1, -0.05) is 19.3 Å². The summed E-state index contributed by atoms with van der Waals surface area (Å²) >= 11 is 0. The van der Waals surface area contributed by atoms with E-state index in [1.54, 1.807) is 0 Å². The highest BCUT2D eigenvalue weighted by Gasteiger charge is 2.28. The van der Waals surface area contributed by atoms with Crippen LogP contribution in [-0.4, -0.2) is 86.1 Å². The van der Waals surface area contributed by atoms with Crippen molar-refractivity contribution in [3.8, 4) is 12.3 Å². The maximum atomic E-state index is 12.5. The van der Waals surface area contributed by atoms with Crippen LogP contribution in [0, 0.1) is 18.3 Å². The second-order valence-electron chi connectivity index (χ2n) is 7.14. The molecule has 2 aliphatic heterocycles. The number of terminal acetylenes is 1. The van der Waals surface area contributed by atoms with E-state index in [1.165, 1.54) is 0 Å². The zero-order valence-corrected chi connectivity index (χ0v) is 14.8. The molecule has 0 aromatic heterocycles. The number of piperazine rings is 1. The molecule has 2 rings (SSSR count). The van der Waals surface area contributed by atoms with Crippen LogP contribution < -0.4 is 5.32 Å². The van der Waals surface area contributed by atoms with E-state index in [4.69, 9.17) is 6.42 Å². The maximum absolute atomic E-state index is 12.5. The highest BCUT2D eigenvalue weighted by atomic mass is 16.2. The van der Waals surface area contributed by atoms with E-state index in [9.17, 15) is 4.79 Å². The summed E-state index contributed by atoms with van der Waals surface area (Å²) in [5, 5.41) is 3.15. The minimum Gasteiger partial charge on any atom is -0.354 e. The third-order valence-electron chi connectivity index (χ3n) is 5.00. The van der Waals surface area contributed by atoms with Gasteiger partial charge in [-0.05, 0) is 32.4 Å². The number of amides is 1. The Bertz CT molecular complexity index is 412. The molecule has 0 aromatic carbocycles. The number of hydrogen-bond donors (Lipinski definition) is 1. The molecular formula is C18H32N4O. The van der Waals surface area contributed by atoms with Gasteiger partial charge in [0, 0.05) is 39.3 Å². The molecular weight excluding hydrogens is 288 g/mol. The fourth-order valence-corrected chi connectivity index (χ4v) is 3.52. The number of carbonyl (C=O) groups excluding carboxylic acids is 1. The Labute approximate surface area is 141 Å². The molecule has 0 aliphatic carbocycles. The number of hydrogen-bond acceptors (Lipinski definition) is 4. The first-order valence-corrected chi connectivity index (χ1v) is 8.96. The van der Waals surface area contributed by atoms with Gasteiger partial charge in [0.05, 0.1) is 12.6 Å². The topological polar surface area (TPSA) is 38.8 Å². The number of likely N-dealkylation sites (N-methyl/N-ethyl adjacent to an activating group) is 1. The zero-order chi connectivity index (χ0) is 16.7. The van der Waals surface area contributed by atoms with Gasteiger partial charge in [0.25, 0.3) is 0 Å². The molecule has 2 atom stereocenters. The summed E-state index contributed by atoms with van der Waals surface area (Å²) in [6, 6.07) is -0.0318. The summed E-state index contributed by atoms with van der Waals surface area (Å²) in [6.45, 7) is 10.1. The SMILES string of the molecule is C#CCN1CCCC[C@@H]1C(=O)NC[C@H](C)CN1CCN(C)CC1. The van der Waals surface area contributed by atoms with Gasteiger partial charge in [-0.2, -0.15) is 0 Å². The number of nitrogens with one attached hydrogen (secondary N) is 1. The third-order valence-corrected chi connectivity index (χ3v) is 5.00. The number of rotatable bonds is 6. The second-order valence-corrected chi connectivity index (χ2v) is 7.14. The van der Waals surface area contributed by atoms with Crippen LogP contribution in [0.5, 0.6) is 0 Å². The van der Waals surface area contributed by atoms with Gasteiger partial charge >= 0.3 is 0 Å². The molecule has 2 fully saturated rings. The Balaban J connectivity index is 1.71. The molecule has 0 spiro atoms. The molecule has 0 saturated carbocycles. The Morgan fingerprint density at radius 2 is 2.00 bits per heavy atom. The fraction of sp³-hybridized carbons (Fsp3) is 0.833. The molecule has 1 N–H and O–H groups in total. The standard InChI is InChI=1S/C18H32N4O/c1-4-8-22-9-6-5-7-17(22)18(23)19-14-16(2)15-21-12-10-20(3)11-13-21/h1,16-17H,5-15H2,2-3H3,(H,19,23)/t16-,17+/m0/s1. The van der Waals surface area contributed by atoms with Gasteiger partial charge in [0.1, 0.15) is 0 Å². The van der Waals surface area contributed by atoms with E-state index in [1.807, 2.05) is 0 Å². The van der Waals surface area contributed by atoms with E-state index in [0.717, 1.165) is 65.1 Å². The summed E-state index contributed by atoms with van der Waals surface area (Å²) in [6.07, 6.45) is 8.62. The lowest BCUT2D eigenvalue weighted by Gasteiger charge is -2.35. The van der Waals surface area contributed by atoms with E-state index in [0.29, 0.717) is 12.5 Å². The van der Waals surface area contributed by atoms with E-state index >= 15 is 0 Å². The normalized spacial score (nSPS) is 25.7. The largest absolute Gasteiger partial charge is 0.354 e. The molecule has 5 heteroatoms. The van der Waals surface area contributed by atoms with Crippen molar-refractivity contribution >= 4 is 5.91 Å². The Kier molecular flexibility index (Phi) is 7.35. The maximum Gasteiger partial charge on any atom is 0.237 e. The Morgan fingerprint density at radius 1 is 1.26 bits per heavy atom. The van der Waals surface area contributed by atoms with Crippen molar-refractivity contribution in [2.75, 3.05) is 59.4 Å². The van der Waals surface area contributed by atoms with E-state index in [2.05, 4.69) is 39.9 Å². The lowest BCUT2D eigenvalue weighted by atomic mass is 10.0. The van der Waals surface area contributed by atoms with Crippen molar-refractivity contribution in [2.45, 2.75) is 32.2 Å². The lowest BCUT2D eigenvalue weighted by molar-refractivity contribution is -0.127. The van der Waals surface area contributed by atoms with Crippen LogP contribution in [0.25, 0.3) is 0 Å². The van der Waals surface area contributed by atoms with Crippen molar-refractivity contribution in [3.63, 3.8) is 0 Å². The predicted octanol–water partition coefficient (Wildman–Crippen LogP) is 0.474. The minimum atomic E-state index is -0.0318. The fourth-order valence-electron chi connectivity index (χ4n) is 3.52. The summed E-state index contributed by atoms with van der Waals surface area (Å²) in [5.74, 6) is 3.32. The van der Waals surface area contributed by atoms with Crippen LogP contribution in [0.3, 0.4) is 0 Å². The smallest absolute Gasteiger partial charge is 0.237 e. The molecule has 2 heterocycles. The first kappa shape index (κ1) is 18.3. The summed E-state index contributed by atoms with van der Waals surface area (Å²) in [7, 11) is 2.17. The minimum absolute atomic E-state index is 0.0318. The second kappa shape index (κ2) is 9.27.